The highest BCUT2D eigenvalue weighted by molar-refractivity contribution is 6.30. The van der Waals surface area contributed by atoms with Crippen LogP contribution in [0, 0.1) is 6.92 Å². The van der Waals surface area contributed by atoms with E-state index in [2.05, 4.69) is 15.0 Å². The highest BCUT2D eigenvalue weighted by Crippen LogP contribution is 2.13. The number of aromatic nitrogens is 3. The van der Waals surface area contributed by atoms with Gasteiger partial charge in [0.2, 0.25) is 0 Å². The second-order valence-corrected chi connectivity index (χ2v) is 3.40. The maximum Gasteiger partial charge on any atom is 0.255 e. The molecule has 4 nitrogen and oxygen atoms in total. The zero-order chi connectivity index (χ0) is 10.8. The van der Waals surface area contributed by atoms with Gasteiger partial charge in [-0.25, -0.2) is 4.98 Å². The van der Waals surface area contributed by atoms with Crippen molar-refractivity contribution >= 4 is 11.6 Å². The first-order valence-corrected chi connectivity index (χ1v) is 4.74. The van der Waals surface area contributed by atoms with Crippen LogP contribution >= 0.6 is 11.6 Å². The molecule has 0 aliphatic rings. The molecule has 2 heterocycles. The highest BCUT2D eigenvalue weighted by Gasteiger charge is 2.07. The number of nitrogens with one attached hydrogen (secondary N) is 1. The van der Waals surface area contributed by atoms with Crippen molar-refractivity contribution in [2.45, 2.75) is 6.92 Å². The maximum absolute atomic E-state index is 11.4. The number of pyridine rings is 1. The summed E-state index contributed by atoms with van der Waals surface area (Å²) in [6.07, 6.45) is 1.63. The quantitative estimate of drug-likeness (QED) is 0.747. The molecule has 2 aromatic heterocycles. The fourth-order valence-corrected chi connectivity index (χ4v) is 1.30. The molecule has 2 rings (SSSR count). The van der Waals surface area contributed by atoms with E-state index in [9.17, 15) is 4.79 Å². The largest absolute Gasteiger partial charge is 0.305 e. The monoisotopic (exact) mass is 221 g/mol. The minimum Gasteiger partial charge on any atom is -0.305 e. The third kappa shape index (κ3) is 1.89. The topological polar surface area (TPSA) is 58.6 Å². The van der Waals surface area contributed by atoms with Crippen LogP contribution in [0.5, 0.6) is 0 Å². The Balaban J connectivity index is 2.61. The van der Waals surface area contributed by atoms with Gasteiger partial charge >= 0.3 is 0 Å². The van der Waals surface area contributed by atoms with Crippen LogP contribution in [0.25, 0.3) is 11.5 Å². The summed E-state index contributed by atoms with van der Waals surface area (Å²) < 4.78 is 0. The Kier molecular flexibility index (Phi) is 2.51. The van der Waals surface area contributed by atoms with Crippen molar-refractivity contribution in [1.29, 1.82) is 0 Å². The van der Waals surface area contributed by atoms with Gasteiger partial charge in [0.1, 0.15) is 10.8 Å². The number of hydrogen-bond donors (Lipinski definition) is 1. The molecular weight excluding hydrogens is 214 g/mol. The van der Waals surface area contributed by atoms with Crippen LogP contribution in [0.1, 0.15) is 5.56 Å². The predicted molar refractivity (Wildman–Crippen MR) is 57.8 cm³/mol. The fraction of sp³-hybridized carbons (Fsp3) is 0.100. The predicted octanol–water partition coefficient (Wildman–Crippen LogP) is 1.79. The molecule has 0 atom stereocenters. The molecule has 0 saturated carbocycles. The van der Waals surface area contributed by atoms with Gasteiger partial charge in [-0.15, -0.1) is 0 Å². The van der Waals surface area contributed by atoms with Gasteiger partial charge in [0.05, 0.1) is 5.56 Å². The standard InChI is InChI=1S/C10H8ClN3O/c1-6-8(11)13-9(14-10(6)15)7-4-2-3-5-12-7/h2-5H,1H3,(H,13,14,15). The Labute approximate surface area is 91.0 Å². The van der Waals surface area contributed by atoms with E-state index in [0.29, 0.717) is 17.1 Å². The van der Waals surface area contributed by atoms with Crippen LogP contribution in [0.15, 0.2) is 29.2 Å². The molecule has 0 spiro atoms. The van der Waals surface area contributed by atoms with Gasteiger partial charge in [-0.05, 0) is 19.1 Å². The Morgan fingerprint density at radius 3 is 2.80 bits per heavy atom. The molecule has 2 aromatic rings. The molecule has 0 amide bonds. The van der Waals surface area contributed by atoms with Gasteiger partial charge in [0, 0.05) is 6.20 Å². The molecule has 0 aliphatic heterocycles. The summed E-state index contributed by atoms with van der Waals surface area (Å²) in [4.78, 5) is 22.2. The molecule has 0 radical (unpaired) electrons. The summed E-state index contributed by atoms with van der Waals surface area (Å²) in [6, 6.07) is 5.36. The Morgan fingerprint density at radius 1 is 1.40 bits per heavy atom. The van der Waals surface area contributed by atoms with Crippen LogP contribution in [0.4, 0.5) is 0 Å². The first kappa shape index (κ1) is 9.86. The van der Waals surface area contributed by atoms with Crippen molar-refractivity contribution in [2.75, 3.05) is 0 Å². The van der Waals surface area contributed by atoms with E-state index in [-0.39, 0.29) is 10.7 Å². The fourth-order valence-electron chi connectivity index (χ4n) is 1.13. The SMILES string of the molecule is Cc1c(Cl)nc(-c2ccccn2)[nH]c1=O. The van der Waals surface area contributed by atoms with Gasteiger partial charge < -0.3 is 4.98 Å². The third-order valence-corrected chi connectivity index (χ3v) is 2.37. The van der Waals surface area contributed by atoms with Crippen LogP contribution in [0.3, 0.4) is 0 Å². The van der Waals surface area contributed by atoms with E-state index < -0.39 is 0 Å². The summed E-state index contributed by atoms with van der Waals surface area (Å²) in [5, 5.41) is 0.208. The lowest BCUT2D eigenvalue weighted by atomic mass is 10.3. The Bertz CT molecular complexity index is 536. The van der Waals surface area contributed by atoms with Crippen molar-refractivity contribution in [1.82, 2.24) is 15.0 Å². The molecule has 0 saturated heterocycles. The maximum atomic E-state index is 11.4. The van der Waals surface area contributed by atoms with E-state index >= 15 is 0 Å². The highest BCUT2D eigenvalue weighted by atomic mass is 35.5. The lowest BCUT2D eigenvalue weighted by molar-refractivity contribution is 1.07. The van der Waals surface area contributed by atoms with Gasteiger partial charge in [-0.1, -0.05) is 17.7 Å². The Hall–Kier alpha value is -1.68. The molecule has 0 aromatic carbocycles. The van der Waals surface area contributed by atoms with Crippen molar-refractivity contribution in [3.63, 3.8) is 0 Å². The van der Waals surface area contributed by atoms with E-state index in [4.69, 9.17) is 11.6 Å². The van der Waals surface area contributed by atoms with Crippen molar-refractivity contribution < 1.29 is 0 Å². The van der Waals surface area contributed by atoms with Gasteiger partial charge in [-0.3, -0.25) is 9.78 Å². The summed E-state index contributed by atoms with van der Waals surface area (Å²) in [5.74, 6) is 0.385. The first-order chi connectivity index (χ1) is 7.18. The first-order valence-electron chi connectivity index (χ1n) is 4.36. The number of H-pyrrole nitrogens is 1. The molecule has 0 bridgehead atoms. The van der Waals surface area contributed by atoms with Crippen LogP contribution in [-0.2, 0) is 0 Å². The summed E-state index contributed by atoms with van der Waals surface area (Å²) in [5.41, 5.74) is 0.767. The lowest BCUT2D eigenvalue weighted by Gasteiger charge is -2.01. The van der Waals surface area contributed by atoms with Crippen molar-refractivity contribution in [3.8, 4) is 11.5 Å². The molecule has 76 valence electrons. The molecule has 1 N–H and O–H groups in total. The van der Waals surface area contributed by atoms with Crippen molar-refractivity contribution in [2.24, 2.45) is 0 Å². The van der Waals surface area contributed by atoms with E-state index in [1.54, 1.807) is 25.3 Å². The van der Waals surface area contributed by atoms with Gasteiger partial charge in [-0.2, -0.15) is 0 Å². The molecule has 15 heavy (non-hydrogen) atoms. The zero-order valence-electron chi connectivity index (χ0n) is 7.99. The zero-order valence-corrected chi connectivity index (χ0v) is 8.75. The second-order valence-electron chi connectivity index (χ2n) is 3.05. The normalized spacial score (nSPS) is 10.3. The van der Waals surface area contributed by atoms with Crippen molar-refractivity contribution in [3.05, 3.63) is 45.5 Å². The van der Waals surface area contributed by atoms with Gasteiger partial charge in [0.15, 0.2) is 5.82 Å². The second kappa shape index (κ2) is 3.82. The molecule has 0 unspecified atom stereocenters. The third-order valence-electron chi connectivity index (χ3n) is 2.00. The summed E-state index contributed by atoms with van der Waals surface area (Å²) in [6.45, 7) is 1.62. The van der Waals surface area contributed by atoms with E-state index in [1.807, 2.05) is 6.07 Å². The van der Waals surface area contributed by atoms with Crippen LogP contribution in [0.2, 0.25) is 5.15 Å². The number of rotatable bonds is 1. The molecule has 5 heteroatoms. The smallest absolute Gasteiger partial charge is 0.255 e. The molecule has 0 aliphatic carbocycles. The average molecular weight is 222 g/mol. The lowest BCUT2D eigenvalue weighted by Crippen LogP contribution is -2.13. The Morgan fingerprint density at radius 2 is 2.20 bits per heavy atom. The van der Waals surface area contributed by atoms with Gasteiger partial charge in [0.25, 0.3) is 5.56 Å². The number of hydrogen-bond acceptors (Lipinski definition) is 3. The minimum absolute atomic E-state index is 0.208. The van der Waals surface area contributed by atoms with E-state index in [0.717, 1.165) is 0 Å². The molecule has 0 fully saturated rings. The number of halogens is 1. The molecular formula is C10H8ClN3O. The van der Waals surface area contributed by atoms with Crippen LogP contribution in [-0.4, -0.2) is 15.0 Å². The summed E-state index contributed by atoms with van der Waals surface area (Å²) in [7, 11) is 0. The number of nitrogens with zero attached hydrogens (tertiary/aromatic N) is 2. The number of aromatic amines is 1. The minimum atomic E-state index is -0.240. The van der Waals surface area contributed by atoms with Crippen LogP contribution < -0.4 is 5.56 Å². The summed E-state index contributed by atoms with van der Waals surface area (Å²) >= 11 is 5.81. The van der Waals surface area contributed by atoms with E-state index in [1.165, 1.54) is 0 Å². The average Bonchev–Trinajstić information content (AvgIpc) is 2.26.